The van der Waals surface area contributed by atoms with Crippen LogP contribution in [0.1, 0.15) is 0 Å². The van der Waals surface area contributed by atoms with Crippen LogP contribution in [0.3, 0.4) is 0 Å². The highest BCUT2D eigenvalue weighted by Crippen LogP contribution is 2.54. The van der Waals surface area contributed by atoms with Gasteiger partial charge in [0, 0.05) is 54.5 Å². The molecule has 310 valence electrons. The molecule has 11 aromatic carbocycles. The van der Waals surface area contributed by atoms with Gasteiger partial charge in [-0.1, -0.05) is 182 Å². The van der Waals surface area contributed by atoms with E-state index in [0.717, 1.165) is 122 Å². The van der Waals surface area contributed by atoms with E-state index in [1.807, 2.05) is 12.1 Å². The SMILES string of the molecule is c1ccc(-c2ccc3c(N(c4ccccc4)c4cccc5c4oc4ccccc45)c4cc(-c5ccccc5)ccc4c(N(c4ccccc4)c4cccc5c4oc4ccccc45)c3c2)cc1. The average Bonchev–Trinajstić information content (AvgIpc) is 3.97. The molecule has 0 N–H and O–H groups in total. The van der Waals surface area contributed by atoms with Crippen LogP contribution in [0.4, 0.5) is 34.1 Å². The minimum atomic E-state index is 0.829. The number of fused-ring (bicyclic) bond motifs is 8. The number of furan rings is 2. The van der Waals surface area contributed by atoms with Crippen molar-refractivity contribution in [3.05, 3.63) is 243 Å². The zero-order chi connectivity index (χ0) is 43.6. The van der Waals surface area contributed by atoms with Crippen LogP contribution in [-0.2, 0) is 0 Å². The predicted molar refractivity (Wildman–Crippen MR) is 276 cm³/mol. The third kappa shape index (κ3) is 6.07. The standard InChI is InChI=1S/C62H40N2O2/c1-5-19-41(20-6-1)43-35-37-49-53(39-43)59(63(45-23-9-3-10-24-45)55-31-17-29-51-47-27-13-15-33-57(47)65-61(51)55)50-38-36-44(42-21-7-2-8-22-42)40-54(50)60(49)64(46-25-11-4-12-26-46)56-32-18-30-52-48-28-14-16-34-58(48)66-62(52)56/h1-40H. The lowest BCUT2D eigenvalue weighted by atomic mass is 9.91. The van der Waals surface area contributed by atoms with Crippen molar-refractivity contribution in [3.8, 4) is 22.3 Å². The van der Waals surface area contributed by atoms with Crippen molar-refractivity contribution in [2.24, 2.45) is 0 Å². The van der Waals surface area contributed by atoms with Gasteiger partial charge >= 0.3 is 0 Å². The maximum Gasteiger partial charge on any atom is 0.159 e. The van der Waals surface area contributed by atoms with Crippen LogP contribution in [0.25, 0.3) is 87.7 Å². The maximum absolute atomic E-state index is 6.88. The molecular weight excluding hydrogens is 805 g/mol. The van der Waals surface area contributed by atoms with Crippen LogP contribution < -0.4 is 9.80 Å². The predicted octanol–water partition coefficient (Wildman–Crippen LogP) is 18.1. The van der Waals surface area contributed by atoms with Gasteiger partial charge in [0.05, 0.1) is 22.7 Å². The smallest absolute Gasteiger partial charge is 0.159 e. The van der Waals surface area contributed by atoms with Gasteiger partial charge in [-0.2, -0.15) is 0 Å². The largest absolute Gasteiger partial charge is 0.454 e. The molecule has 13 aromatic rings. The molecule has 0 aliphatic heterocycles. The molecule has 0 aliphatic rings. The highest BCUT2D eigenvalue weighted by molar-refractivity contribution is 6.26. The summed E-state index contributed by atoms with van der Waals surface area (Å²) in [5.74, 6) is 0. The van der Waals surface area contributed by atoms with Gasteiger partial charge in [0.2, 0.25) is 0 Å². The van der Waals surface area contributed by atoms with Gasteiger partial charge in [-0.05, 0) is 82.9 Å². The van der Waals surface area contributed by atoms with Crippen molar-refractivity contribution in [2.75, 3.05) is 9.80 Å². The Balaban J connectivity index is 1.22. The first kappa shape index (κ1) is 37.7. The fraction of sp³-hybridized carbons (Fsp3) is 0. The van der Waals surface area contributed by atoms with E-state index in [1.54, 1.807) is 0 Å². The molecule has 2 heterocycles. The Morgan fingerprint density at radius 1 is 0.242 bits per heavy atom. The fourth-order valence-electron chi connectivity index (χ4n) is 10.0. The molecule has 2 aromatic heterocycles. The highest BCUT2D eigenvalue weighted by Gasteiger charge is 2.29. The lowest BCUT2D eigenvalue weighted by Gasteiger charge is -2.33. The molecule has 0 fully saturated rings. The third-order valence-corrected chi connectivity index (χ3v) is 13.0. The van der Waals surface area contributed by atoms with Gasteiger partial charge in [0.1, 0.15) is 11.2 Å². The lowest BCUT2D eigenvalue weighted by molar-refractivity contribution is 0.668. The Bertz CT molecular complexity index is 3670. The van der Waals surface area contributed by atoms with Gasteiger partial charge in [-0.25, -0.2) is 0 Å². The van der Waals surface area contributed by atoms with Crippen LogP contribution in [0.15, 0.2) is 251 Å². The van der Waals surface area contributed by atoms with E-state index >= 15 is 0 Å². The molecule has 4 nitrogen and oxygen atoms in total. The van der Waals surface area contributed by atoms with E-state index < -0.39 is 0 Å². The van der Waals surface area contributed by atoms with Crippen molar-refractivity contribution in [1.82, 2.24) is 0 Å². The van der Waals surface area contributed by atoms with Gasteiger partial charge in [-0.15, -0.1) is 0 Å². The number of hydrogen-bond acceptors (Lipinski definition) is 4. The van der Waals surface area contributed by atoms with Gasteiger partial charge in [0.25, 0.3) is 0 Å². The molecule has 0 spiro atoms. The number of rotatable bonds is 8. The Morgan fingerprint density at radius 3 is 1.03 bits per heavy atom. The van der Waals surface area contributed by atoms with Crippen molar-refractivity contribution in [1.29, 1.82) is 0 Å². The van der Waals surface area contributed by atoms with Crippen LogP contribution in [0.2, 0.25) is 0 Å². The van der Waals surface area contributed by atoms with Crippen LogP contribution in [-0.4, -0.2) is 0 Å². The zero-order valence-electron chi connectivity index (χ0n) is 35.8. The molecule has 13 rings (SSSR count). The molecule has 0 amide bonds. The van der Waals surface area contributed by atoms with Crippen LogP contribution in [0, 0.1) is 0 Å². The summed E-state index contributed by atoms with van der Waals surface area (Å²) in [6.07, 6.45) is 0. The summed E-state index contributed by atoms with van der Waals surface area (Å²) in [7, 11) is 0. The Kier molecular flexibility index (Phi) is 8.81. The van der Waals surface area contributed by atoms with Crippen LogP contribution >= 0.6 is 0 Å². The van der Waals surface area contributed by atoms with Crippen molar-refractivity contribution in [3.63, 3.8) is 0 Å². The van der Waals surface area contributed by atoms with E-state index in [4.69, 9.17) is 8.83 Å². The summed E-state index contributed by atoms with van der Waals surface area (Å²) in [5.41, 5.74) is 13.9. The molecule has 0 saturated heterocycles. The fourth-order valence-corrected chi connectivity index (χ4v) is 10.0. The third-order valence-electron chi connectivity index (χ3n) is 13.0. The topological polar surface area (TPSA) is 32.8 Å². The summed E-state index contributed by atoms with van der Waals surface area (Å²) in [6.45, 7) is 0. The molecule has 66 heavy (non-hydrogen) atoms. The number of nitrogens with zero attached hydrogens (tertiary/aromatic N) is 2. The second-order valence-electron chi connectivity index (χ2n) is 16.8. The Labute approximate surface area is 381 Å². The van der Waals surface area contributed by atoms with E-state index in [9.17, 15) is 0 Å². The second kappa shape index (κ2) is 15.4. The molecule has 0 atom stereocenters. The molecular formula is C62H40N2O2. The van der Waals surface area contributed by atoms with Crippen LogP contribution in [0.5, 0.6) is 0 Å². The molecule has 0 bridgehead atoms. The van der Waals surface area contributed by atoms with E-state index in [2.05, 4.69) is 240 Å². The van der Waals surface area contributed by atoms with Gasteiger partial charge < -0.3 is 18.6 Å². The minimum absolute atomic E-state index is 0.829. The first-order valence-corrected chi connectivity index (χ1v) is 22.4. The summed E-state index contributed by atoms with van der Waals surface area (Å²) < 4.78 is 13.8. The Hall–Kier alpha value is -8.86. The molecule has 0 saturated carbocycles. The quantitative estimate of drug-likeness (QED) is 0.113. The minimum Gasteiger partial charge on any atom is -0.454 e. The van der Waals surface area contributed by atoms with E-state index in [1.165, 1.54) is 0 Å². The van der Waals surface area contributed by atoms with Gasteiger partial charge in [-0.3, -0.25) is 0 Å². The summed E-state index contributed by atoms with van der Waals surface area (Å²) in [4.78, 5) is 4.84. The highest BCUT2D eigenvalue weighted by atomic mass is 16.3. The number of benzene rings is 11. The number of hydrogen-bond donors (Lipinski definition) is 0. The van der Waals surface area contributed by atoms with Crippen molar-refractivity contribution < 1.29 is 8.83 Å². The maximum atomic E-state index is 6.88. The Morgan fingerprint density at radius 2 is 0.606 bits per heavy atom. The first-order chi connectivity index (χ1) is 32.8. The summed E-state index contributed by atoms with van der Waals surface area (Å²) >= 11 is 0. The van der Waals surface area contributed by atoms with Gasteiger partial charge in [0.15, 0.2) is 11.2 Å². The molecule has 4 heteroatoms. The lowest BCUT2D eigenvalue weighted by Crippen LogP contribution is -2.15. The second-order valence-corrected chi connectivity index (χ2v) is 16.8. The average molecular weight is 845 g/mol. The summed E-state index contributed by atoms with van der Waals surface area (Å²) in [6, 6.07) is 86.5. The van der Waals surface area contributed by atoms with E-state index in [0.29, 0.717) is 0 Å². The van der Waals surface area contributed by atoms with Crippen molar-refractivity contribution in [2.45, 2.75) is 0 Å². The summed E-state index contributed by atoms with van der Waals surface area (Å²) in [5, 5.41) is 8.64. The molecule has 0 aliphatic carbocycles. The van der Waals surface area contributed by atoms with E-state index in [-0.39, 0.29) is 0 Å². The molecule has 0 radical (unpaired) electrons. The molecule has 0 unspecified atom stereocenters. The zero-order valence-corrected chi connectivity index (χ0v) is 35.8. The number of para-hydroxylation sites is 6. The number of anilines is 6. The monoisotopic (exact) mass is 844 g/mol. The van der Waals surface area contributed by atoms with Crippen molar-refractivity contribution >= 4 is 99.5 Å². The first-order valence-electron chi connectivity index (χ1n) is 22.4. The normalized spacial score (nSPS) is 11.6.